The number of likely N-dealkylation sites (tertiary alicyclic amines) is 1. The van der Waals surface area contributed by atoms with Gasteiger partial charge < -0.3 is 29.9 Å². The molecule has 0 spiro atoms. The van der Waals surface area contributed by atoms with Crippen molar-refractivity contribution in [1.82, 2.24) is 24.7 Å². The molecule has 19 heteroatoms. The number of likely N-dealkylation sites (N-methyl/N-ethyl adjacent to an activating group) is 2. The van der Waals surface area contributed by atoms with Crippen molar-refractivity contribution in [3.05, 3.63) is 29.8 Å². The first-order valence-corrected chi connectivity index (χ1v) is 21.6. The van der Waals surface area contributed by atoms with Crippen molar-refractivity contribution in [3.63, 3.8) is 0 Å². The van der Waals surface area contributed by atoms with Gasteiger partial charge in [0.1, 0.15) is 6.04 Å². The number of hydrogen-bond donors (Lipinski definition) is 3. The summed E-state index contributed by atoms with van der Waals surface area (Å²) in [6.45, 7) is 13.4. The number of hydrogen-bond acceptors (Lipinski definition) is 10. The minimum absolute atomic E-state index is 0.00562. The Labute approximate surface area is 347 Å². The molecule has 0 aromatic heterocycles. The molecule has 0 saturated carbocycles. The van der Waals surface area contributed by atoms with E-state index in [4.69, 9.17) is 9.47 Å². The number of halogens is 3. The van der Waals surface area contributed by atoms with Crippen LogP contribution in [-0.4, -0.2) is 137 Å². The van der Waals surface area contributed by atoms with Gasteiger partial charge in [0.15, 0.2) is 0 Å². The van der Waals surface area contributed by atoms with Crippen LogP contribution in [0.15, 0.2) is 24.3 Å². The van der Waals surface area contributed by atoms with Crippen molar-refractivity contribution in [2.45, 2.75) is 122 Å². The van der Waals surface area contributed by atoms with Gasteiger partial charge in [-0.05, 0) is 62.4 Å². The zero-order valence-corrected chi connectivity index (χ0v) is 37.2. The first-order valence-electron chi connectivity index (χ1n) is 19.9. The minimum atomic E-state index is -5.10. The fraction of sp³-hybridized carbons (Fsp3) is 0.725. The van der Waals surface area contributed by atoms with Gasteiger partial charge in [-0.15, -0.1) is 0 Å². The molecule has 1 aromatic carbocycles. The number of alkyl halides is 3. The van der Waals surface area contributed by atoms with Crippen LogP contribution in [-0.2, 0) is 49.2 Å². The van der Waals surface area contributed by atoms with Crippen molar-refractivity contribution < 1.29 is 55.0 Å². The molecular formula is C40H65F3N6O9S. The summed E-state index contributed by atoms with van der Waals surface area (Å²) in [5.74, 6) is -6.03. The number of carbonyl (C=O) groups is 5. The summed E-state index contributed by atoms with van der Waals surface area (Å²) in [7, 11) is 3.83. The van der Waals surface area contributed by atoms with E-state index >= 15 is 0 Å². The first-order chi connectivity index (χ1) is 27.3. The summed E-state index contributed by atoms with van der Waals surface area (Å²) >= 11 is 0. The van der Waals surface area contributed by atoms with E-state index in [1.54, 1.807) is 22.2 Å². The monoisotopic (exact) mass is 862 g/mol. The molecule has 336 valence electrons. The van der Waals surface area contributed by atoms with Gasteiger partial charge >= 0.3 is 12.1 Å². The third kappa shape index (κ3) is 14.1. The van der Waals surface area contributed by atoms with E-state index < -0.39 is 76.1 Å². The SMILES string of the molecule is CC[C@H](C)[C@@H]([C@@H](CC(=O)N1CCC[C@H]1[C@H](OC)[C@@H](C)C(=O)NS(=O)(=O)Cc1ccc(NC(=O)C(F)(F)F)cc1)OC)N(C)C(=O)[C@@H](NC(=O)[C@H](C(C)C)N(C)C)C(C)C. The van der Waals surface area contributed by atoms with E-state index in [1.165, 1.54) is 33.3 Å². The maximum Gasteiger partial charge on any atom is 0.471 e. The van der Waals surface area contributed by atoms with Gasteiger partial charge in [-0.2, -0.15) is 13.2 Å². The van der Waals surface area contributed by atoms with Gasteiger partial charge in [-0.25, -0.2) is 8.42 Å². The van der Waals surface area contributed by atoms with Crippen molar-refractivity contribution in [3.8, 4) is 0 Å². The fourth-order valence-corrected chi connectivity index (χ4v) is 9.00. The summed E-state index contributed by atoms with van der Waals surface area (Å²) in [5.41, 5.74) is -0.0544. The molecule has 5 amide bonds. The Hall–Kier alpha value is -3.81. The Balaban J connectivity index is 2.23. The zero-order valence-electron chi connectivity index (χ0n) is 36.4. The van der Waals surface area contributed by atoms with Crippen LogP contribution in [0.4, 0.5) is 18.9 Å². The van der Waals surface area contributed by atoms with Crippen LogP contribution in [0.2, 0.25) is 0 Å². The second-order valence-electron chi connectivity index (χ2n) is 16.3. The number of ether oxygens (including phenoxy) is 2. The summed E-state index contributed by atoms with van der Waals surface area (Å²) in [4.78, 5) is 71.3. The second-order valence-corrected chi connectivity index (χ2v) is 18.1. The predicted octanol–water partition coefficient (Wildman–Crippen LogP) is 3.78. The molecule has 0 unspecified atom stereocenters. The molecule has 0 aliphatic carbocycles. The Morgan fingerprint density at radius 3 is 1.98 bits per heavy atom. The Morgan fingerprint density at radius 1 is 0.915 bits per heavy atom. The van der Waals surface area contributed by atoms with E-state index in [0.717, 1.165) is 12.1 Å². The summed E-state index contributed by atoms with van der Waals surface area (Å²) in [6.07, 6.45) is -5.15. The highest BCUT2D eigenvalue weighted by atomic mass is 32.2. The second kappa shape index (κ2) is 22.2. The van der Waals surface area contributed by atoms with E-state index in [-0.39, 0.29) is 53.1 Å². The standard InChI is InChI=1S/C40H65F3N6O9S/c1-13-25(6)34(48(10)38(53)32(23(2)3)45-37(52)33(24(4)5)47(8)9)30(57-11)21-31(50)49-20-14-15-29(49)35(58-12)26(7)36(51)46-59(55,56)22-27-16-18-28(19-17-27)44-39(54)40(41,42)43/h16-19,23-26,29-30,32-35H,13-15,20-22H2,1-12H3,(H,44,54)(H,45,52)(H,46,51)/t25-,26+,29-,30+,32-,33-,34-,35+/m0/s1. The van der Waals surface area contributed by atoms with Crippen molar-refractivity contribution in [2.75, 3.05) is 47.2 Å². The van der Waals surface area contributed by atoms with Gasteiger partial charge in [0.25, 0.3) is 0 Å². The molecular weight excluding hydrogens is 798 g/mol. The average molecular weight is 863 g/mol. The number of methoxy groups -OCH3 is 2. The molecule has 0 bridgehead atoms. The molecule has 0 radical (unpaired) electrons. The molecule has 1 aromatic rings. The number of amides is 5. The highest BCUT2D eigenvalue weighted by Gasteiger charge is 2.44. The number of sulfonamides is 1. The lowest BCUT2D eigenvalue weighted by Crippen LogP contribution is -2.59. The number of nitrogens with zero attached hydrogens (tertiary/aromatic N) is 3. The smallest absolute Gasteiger partial charge is 0.379 e. The fourth-order valence-electron chi connectivity index (χ4n) is 7.80. The molecule has 1 saturated heterocycles. The predicted molar refractivity (Wildman–Crippen MR) is 217 cm³/mol. The maximum absolute atomic E-state index is 14.2. The summed E-state index contributed by atoms with van der Waals surface area (Å²) < 4.78 is 77.5. The van der Waals surface area contributed by atoms with E-state index in [2.05, 4.69) is 5.32 Å². The number of benzene rings is 1. The van der Waals surface area contributed by atoms with Gasteiger partial charge in [0.05, 0.1) is 48.4 Å². The normalized spacial score (nSPS) is 18.5. The van der Waals surface area contributed by atoms with Crippen molar-refractivity contribution in [2.24, 2.45) is 23.7 Å². The largest absolute Gasteiger partial charge is 0.471 e. The van der Waals surface area contributed by atoms with Crippen LogP contribution in [0.5, 0.6) is 0 Å². The molecule has 1 heterocycles. The van der Waals surface area contributed by atoms with E-state index in [1.807, 2.05) is 65.3 Å². The van der Waals surface area contributed by atoms with Crippen LogP contribution < -0.4 is 15.4 Å². The lowest BCUT2D eigenvalue weighted by Gasteiger charge is -2.41. The molecule has 1 fully saturated rings. The number of carbonyl (C=O) groups excluding carboxylic acids is 5. The minimum Gasteiger partial charge on any atom is -0.379 e. The number of nitrogens with one attached hydrogen (secondary N) is 3. The molecule has 2 rings (SSSR count). The Kier molecular flexibility index (Phi) is 19.3. The molecule has 3 N–H and O–H groups in total. The summed E-state index contributed by atoms with van der Waals surface area (Å²) in [6, 6.07) is 2.19. The van der Waals surface area contributed by atoms with Crippen LogP contribution in [0.1, 0.15) is 79.7 Å². The molecule has 15 nitrogen and oxygen atoms in total. The van der Waals surface area contributed by atoms with E-state index in [9.17, 15) is 45.6 Å². The summed E-state index contributed by atoms with van der Waals surface area (Å²) in [5, 5.41) is 4.65. The quantitative estimate of drug-likeness (QED) is 0.165. The molecule has 1 aliphatic rings. The first kappa shape index (κ1) is 51.3. The average Bonchev–Trinajstić information content (AvgIpc) is 3.62. The van der Waals surface area contributed by atoms with Gasteiger partial charge in [0.2, 0.25) is 33.7 Å². The molecule has 59 heavy (non-hydrogen) atoms. The lowest BCUT2D eigenvalue weighted by atomic mass is 9.89. The lowest BCUT2D eigenvalue weighted by molar-refractivity contribution is -0.167. The maximum atomic E-state index is 14.2. The highest BCUT2D eigenvalue weighted by Crippen LogP contribution is 2.30. The van der Waals surface area contributed by atoms with Gasteiger partial charge in [-0.1, -0.05) is 67.0 Å². The van der Waals surface area contributed by atoms with Crippen LogP contribution in [0.3, 0.4) is 0 Å². The molecule has 8 atom stereocenters. The zero-order chi connectivity index (χ0) is 45.2. The Morgan fingerprint density at radius 2 is 1.51 bits per heavy atom. The van der Waals surface area contributed by atoms with Crippen LogP contribution in [0.25, 0.3) is 0 Å². The van der Waals surface area contributed by atoms with Crippen LogP contribution >= 0.6 is 0 Å². The number of anilines is 1. The van der Waals surface area contributed by atoms with E-state index in [0.29, 0.717) is 25.8 Å². The van der Waals surface area contributed by atoms with Gasteiger partial charge in [-0.3, -0.25) is 33.6 Å². The highest BCUT2D eigenvalue weighted by molar-refractivity contribution is 7.89. The number of rotatable bonds is 21. The Bertz CT molecular complexity index is 1690. The van der Waals surface area contributed by atoms with Crippen molar-refractivity contribution >= 4 is 45.2 Å². The van der Waals surface area contributed by atoms with Gasteiger partial charge in [0, 0.05) is 33.5 Å². The topological polar surface area (TPSA) is 184 Å². The van der Waals surface area contributed by atoms with Crippen LogP contribution in [0, 0.1) is 23.7 Å². The third-order valence-corrected chi connectivity index (χ3v) is 12.3. The third-order valence-electron chi connectivity index (χ3n) is 11.0. The van der Waals surface area contributed by atoms with Crippen molar-refractivity contribution in [1.29, 1.82) is 0 Å². The molecule has 1 aliphatic heterocycles.